The predicted molar refractivity (Wildman–Crippen MR) is 68.9 cm³/mol. The van der Waals surface area contributed by atoms with Crippen molar-refractivity contribution in [3.05, 3.63) is 12.2 Å². The monoisotopic (exact) mass is 264 g/mol. The Morgan fingerprint density at radius 3 is 2.79 bits per heavy atom. The van der Waals surface area contributed by atoms with Gasteiger partial charge in [-0.2, -0.15) is 0 Å². The number of carbonyl (C=O) groups is 2. The van der Waals surface area contributed by atoms with E-state index in [1.165, 1.54) is 0 Å². The van der Waals surface area contributed by atoms with Crippen molar-refractivity contribution in [2.75, 3.05) is 13.1 Å². The highest BCUT2D eigenvalue weighted by molar-refractivity contribution is 5.86. The molecule has 104 valence electrons. The van der Waals surface area contributed by atoms with Gasteiger partial charge >= 0.3 is 0 Å². The fraction of sp³-hybridized carbons (Fsp3) is 0.714. The Morgan fingerprint density at radius 2 is 2.00 bits per heavy atom. The number of nitrogens with zero attached hydrogens (tertiary/aromatic N) is 2. The summed E-state index contributed by atoms with van der Waals surface area (Å²) >= 11 is 0. The third-order valence-electron chi connectivity index (χ3n) is 4.11. The Balaban J connectivity index is 1.94. The number of epoxide rings is 1. The van der Waals surface area contributed by atoms with Crippen molar-refractivity contribution in [3.63, 3.8) is 0 Å². The second-order valence-electron chi connectivity index (χ2n) is 6.17. The standard InChI is InChI=1S/C14H20N2O3/c1-14(2)8-10-11(19-10)9-16-12(17)6-4-3-5-7-15(16)13(14)18/h3,5,10-11H,4,6-9H2,1-2H3/b5-3-/t10-,11+/m1/s1. The predicted octanol–water partition coefficient (Wildman–Crippen LogP) is 1.11. The van der Waals surface area contributed by atoms with E-state index >= 15 is 0 Å². The molecule has 0 aromatic carbocycles. The van der Waals surface area contributed by atoms with Crippen molar-refractivity contribution in [1.29, 1.82) is 0 Å². The zero-order valence-corrected chi connectivity index (χ0v) is 11.5. The van der Waals surface area contributed by atoms with Gasteiger partial charge in [-0.15, -0.1) is 0 Å². The lowest BCUT2D eigenvalue weighted by atomic mass is 9.85. The second kappa shape index (κ2) is 4.34. The average molecular weight is 264 g/mol. The molecule has 3 rings (SSSR count). The van der Waals surface area contributed by atoms with Gasteiger partial charge in [0.05, 0.1) is 19.2 Å². The minimum Gasteiger partial charge on any atom is -0.368 e. The zero-order chi connectivity index (χ0) is 13.6. The van der Waals surface area contributed by atoms with E-state index in [1.807, 2.05) is 26.0 Å². The maximum Gasteiger partial charge on any atom is 0.247 e. The molecule has 5 heteroatoms. The van der Waals surface area contributed by atoms with Crippen molar-refractivity contribution in [3.8, 4) is 0 Å². The van der Waals surface area contributed by atoms with Gasteiger partial charge in [0.2, 0.25) is 11.8 Å². The summed E-state index contributed by atoms with van der Waals surface area (Å²) in [6, 6.07) is 0. The van der Waals surface area contributed by atoms with E-state index in [0.29, 0.717) is 19.5 Å². The number of hydrogen-bond acceptors (Lipinski definition) is 3. The number of amides is 2. The minimum atomic E-state index is -0.481. The van der Waals surface area contributed by atoms with Crippen LogP contribution in [-0.2, 0) is 14.3 Å². The van der Waals surface area contributed by atoms with Crippen LogP contribution in [0.1, 0.15) is 33.1 Å². The molecule has 0 aromatic heterocycles. The van der Waals surface area contributed by atoms with Crippen LogP contribution in [0.2, 0.25) is 0 Å². The van der Waals surface area contributed by atoms with Crippen molar-refractivity contribution < 1.29 is 14.3 Å². The summed E-state index contributed by atoms with van der Waals surface area (Å²) < 4.78 is 5.60. The molecule has 0 aliphatic carbocycles. The minimum absolute atomic E-state index is 0.0151. The summed E-state index contributed by atoms with van der Waals surface area (Å²) in [6.45, 7) is 4.86. The number of fused-ring (bicyclic) bond motifs is 2. The summed E-state index contributed by atoms with van der Waals surface area (Å²) in [5, 5.41) is 3.22. The largest absolute Gasteiger partial charge is 0.368 e. The lowest BCUT2D eigenvalue weighted by Gasteiger charge is -2.40. The first-order valence-corrected chi connectivity index (χ1v) is 6.92. The molecule has 0 radical (unpaired) electrons. The Hall–Kier alpha value is -1.36. The van der Waals surface area contributed by atoms with E-state index in [4.69, 9.17) is 4.74 Å². The van der Waals surface area contributed by atoms with Gasteiger partial charge in [-0.25, -0.2) is 10.0 Å². The number of rotatable bonds is 0. The van der Waals surface area contributed by atoms with E-state index in [0.717, 1.165) is 12.8 Å². The van der Waals surface area contributed by atoms with Crippen LogP contribution in [0.5, 0.6) is 0 Å². The van der Waals surface area contributed by atoms with Gasteiger partial charge in [0, 0.05) is 11.8 Å². The Bertz CT molecular complexity index is 444. The molecule has 2 fully saturated rings. The quantitative estimate of drug-likeness (QED) is 0.486. The molecular weight excluding hydrogens is 244 g/mol. The molecule has 0 aromatic rings. The number of ether oxygens (including phenoxy) is 1. The normalized spacial score (nSPS) is 35.5. The van der Waals surface area contributed by atoms with E-state index in [-0.39, 0.29) is 24.0 Å². The van der Waals surface area contributed by atoms with Gasteiger partial charge in [-0.05, 0) is 12.8 Å². The number of carbonyl (C=O) groups excluding carboxylic acids is 2. The van der Waals surface area contributed by atoms with Gasteiger partial charge in [0.25, 0.3) is 0 Å². The summed E-state index contributed by atoms with van der Waals surface area (Å²) in [7, 11) is 0. The Labute approximate surface area is 113 Å². The van der Waals surface area contributed by atoms with Gasteiger partial charge < -0.3 is 4.74 Å². The molecule has 0 bridgehead atoms. The molecule has 5 nitrogen and oxygen atoms in total. The van der Waals surface area contributed by atoms with Crippen LogP contribution in [-0.4, -0.2) is 47.1 Å². The molecule has 0 saturated carbocycles. The van der Waals surface area contributed by atoms with Crippen LogP contribution < -0.4 is 0 Å². The average Bonchev–Trinajstić information content (AvgIpc) is 3.04. The van der Waals surface area contributed by atoms with Crippen molar-refractivity contribution in [1.82, 2.24) is 10.0 Å². The van der Waals surface area contributed by atoms with Crippen LogP contribution in [0.4, 0.5) is 0 Å². The van der Waals surface area contributed by atoms with Gasteiger partial charge in [0.1, 0.15) is 6.10 Å². The van der Waals surface area contributed by atoms with Crippen molar-refractivity contribution >= 4 is 11.8 Å². The molecule has 3 aliphatic rings. The molecular formula is C14H20N2O3. The Kier molecular flexibility index (Phi) is 2.89. The topological polar surface area (TPSA) is 53.2 Å². The maximum atomic E-state index is 12.7. The van der Waals surface area contributed by atoms with Crippen LogP contribution in [0.25, 0.3) is 0 Å². The zero-order valence-electron chi connectivity index (χ0n) is 11.5. The third kappa shape index (κ3) is 2.27. The molecule has 0 unspecified atom stereocenters. The molecule has 2 saturated heterocycles. The highest BCUT2D eigenvalue weighted by Gasteiger charge is 2.51. The number of allylic oxidation sites excluding steroid dienone is 1. The van der Waals surface area contributed by atoms with Gasteiger partial charge in [0.15, 0.2) is 0 Å². The van der Waals surface area contributed by atoms with E-state index in [1.54, 1.807) is 10.0 Å². The lowest BCUT2D eigenvalue weighted by Crippen LogP contribution is -2.56. The molecule has 0 N–H and O–H groups in total. The van der Waals surface area contributed by atoms with Gasteiger partial charge in [-0.1, -0.05) is 26.0 Å². The summed E-state index contributed by atoms with van der Waals surface area (Å²) in [4.78, 5) is 24.9. The maximum absolute atomic E-state index is 12.7. The van der Waals surface area contributed by atoms with Crippen molar-refractivity contribution in [2.24, 2.45) is 5.41 Å². The first-order chi connectivity index (χ1) is 8.99. The molecule has 0 spiro atoms. The fourth-order valence-electron chi connectivity index (χ4n) is 2.88. The SMILES string of the molecule is CC1(C)C[C@H]2O[C@H]2CN2C(=O)CC/C=C\CN2C1=O. The number of hydrogen-bond donors (Lipinski definition) is 0. The van der Waals surface area contributed by atoms with Crippen LogP contribution in [0, 0.1) is 5.41 Å². The second-order valence-corrected chi connectivity index (χ2v) is 6.17. The molecule has 3 heterocycles. The first-order valence-electron chi connectivity index (χ1n) is 6.92. The van der Waals surface area contributed by atoms with E-state index < -0.39 is 5.41 Å². The summed E-state index contributed by atoms with van der Waals surface area (Å²) in [5.74, 6) is 0.0333. The smallest absolute Gasteiger partial charge is 0.247 e. The summed E-state index contributed by atoms with van der Waals surface area (Å²) in [6.07, 6.45) is 6.12. The van der Waals surface area contributed by atoms with Crippen LogP contribution in [0.15, 0.2) is 12.2 Å². The lowest BCUT2D eigenvalue weighted by molar-refractivity contribution is -0.170. The summed E-state index contributed by atoms with van der Waals surface area (Å²) in [5.41, 5.74) is -0.481. The highest BCUT2D eigenvalue weighted by atomic mass is 16.6. The fourth-order valence-corrected chi connectivity index (χ4v) is 2.88. The van der Waals surface area contributed by atoms with E-state index in [9.17, 15) is 9.59 Å². The van der Waals surface area contributed by atoms with E-state index in [2.05, 4.69) is 0 Å². The van der Waals surface area contributed by atoms with Crippen molar-refractivity contribution in [2.45, 2.75) is 45.3 Å². The van der Waals surface area contributed by atoms with Crippen LogP contribution in [0.3, 0.4) is 0 Å². The van der Waals surface area contributed by atoms with Crippen LogP contribution >= 0.6 is 0 Å². The number of hydrazine groups is 1. The van der Waals surface area contributed by atoms with Gasteiger partial charge in [-0.3, -0.25) is 9.59 Å². The third-order valence-corrected chi connectivity index (χ3v) is 4.11. The molecule has 2 atom stereocenters. The molecule has 19 heavy (non-hydrogen) atoms. The Morgan fingerprint density at radius 1 is 1.21 bits per heavy atom. The highest BCUT2D eigenvalue weighted by Crippen LogP contribution is 2.39. The molecule has 3 aliphatic heterocycles. The molecule has 2 amide bonds. The first kappa shape index (κ1) is 12.7.